The first-order chi connectivity index (χ1) is 8.66. The Balaban J connectivity index is 2.02. The Morgan fingerprint density at radius 1 is 1.28 bits per heavy atom. The summed E-state index contributed by atoms with van der Waals surface area (Å²) in [7, 11) is 0. The van der Waals surface area contributed by atoms with Crippen molar-refractivity contribution >= 4 is 23.2 Å². The highest BCUT2D eigenvalue weighted by molar-refractivity contribution is 6.30. The van der Waals surface area contributed by atoms with Crippen LogP contribution in [0.5, 0.6) is 0 Å². The predicted molar refractivity (Wildman–Crippen MR) is 74.6 cm³/mol. The van der Waals surface area contributed by atoms with Crippen LogP contribution in [0.1, 0.15) is 32.1 Å². The van der Waals surface area contributed by atoms with Gasteiger partial charge in [0.2, 0.25) is 5.91 Å². The fourth-order valence-corrected chi connectivity index (χ4v) is 2.65. The summed E-state index contributed by atoms with van der Waals surface area (Å²) in [6, 6.07) is 7.18. The number of carbonyl (C=O) groups excluding carboxylic acids is 1. The number of amides is 1. The quantitative estimate of drug-likeness (QED) is 0.808. The minimum Gasteiger partial charge on any atom is -0.327 e. The number of benzene rings is 1. The van der Waals surface area contributed by atoms with Crippen molar-refractivity contribution in [1.82, 2.24) is 0 Å². The van der Waals surface area contributed by atoms with Gasteiger partial charge in [0.05, 0.1) is 5.92 Å². The van der Waals surface area contributed by atoms with Crippen LogP contribution in [0.4, 0.5) is 5.69 Å². The van der Waals surface area contributed by atoms with Crippen LogP contribution in [-0.2, 0) is 4.79 Å². The molecule has 1 fully saturated rings. The van der Waals surface area contributed by atoms with E-state index in [1.807, 2.05) is 12.1 Å². The van der Waals surface area contributed by atoms with Crippen molar-refractivity contribution in [3.63, 3.8) is 0 Å². The molecular weight excluding hydrogens is 248 g/mol. The second-order valence-electron chi connectivity index (χ2n) is 4.91. The topological polar surface area (TPSA) is 55.1 Å². The zero-order valence-corrected chi connectivity index (χ0v) is 11.1. The number of halogens is 1. The van der Waals surface area contributed by atoms with Gasteiger partial charge in [0.25, 0.3) is 0 Å². The number of anilines is 1. The molecule has 1 aromatic rings. The third kappa shape index (κ3) is 3.47. The Kier molecular flexibility index (Phi) is 4.61. The van der Waals surface area contributed by atoms with E-state index >= 15 is 0 Å². The van der Waals surface area contributed by atoms with Gasteiger partial charge in [-0.15, -0.1) is 0 Å². The molecule has 3 N–H and O–H groups in total. The first kappa shape index (κ1) is 13.4. The fourth-order valence-electron chi connectivity index (χ4n) is 2.46. The van der Waals surface area contributed by atoms with E-state index in [4.69, 9.17) is 17.3 Å². The number of nitrogens with two attached hydrogens (primary N) is 1. The Labute approximate surface area is 113 Å². The van der Waals surface area contributed by atoms with Crippen molar-refractivity contribution in [2.75, 3.05) is 5.32 Å². The maximum atomic E-state index is 12.2. The molecule has 1 amide bonds. The summed E-state index contributed by atoms with van der Waals surface area (Å²) in [6.45, 7) is 0. The Hall–Kier alpha value is -1.06. The second kappa shape index (κ2) is 6.21. The van der Waals surface area contributed by atoms with E-state index in [1.165, 1.54) is 6.42 Å². The lowest BCUT2D eigenvalue weighted by atomic mass is 9.94. The van der Waals surface area contributed by atoms with Gasteiger partial charge in [0.15, 0.2) is 0 Å². The van der Waals surface area contributed by atoms with Crippen LogP contribution in [0.2, 0.25) is 5.02 Å². The molecule has 0 aromatic heterocycles. The molecule has 4 heteroatoms. The van der Waals surface area contributed by atoms with Crippen LogP contribution in [0.25, 0.3) is 0 Å². The summed E-state index contributed by atoms with van der Waals surface area (Å²) in [5, 5.41) is 3.53. The molecule has 1 aliphatic rings. The number of carbonyl (C=O) groups is 1. The van der Waals surface area contributed by atoms with Crippen LogP contribution >= 0.6 is 11.6 Å². The molecule has 3 nitrogen and oxygen atoms in total. The zero-order chi connectivity index (χ0) is 13.0. The van der Waals surface area contributed by atoms with Crippen molar-refractivity contribution in [1.29, 1.82) is 0 Å². The Morgan fingerprint density at radius 3 is 2.83 bits per heavy atom. The number of hydrogen-bond donors (Lipinski definition) is 2. The molecule has 2 atom stereocenters. The Bertz CT molecular complexity index is 422. The van der Waals surface area contributed by atoms with Gasteiger partial charge in [0, 0.05) is 16.8 Å². The van der Waals surface area contributed by atoms with E-state index in [1.54, 1.807) is 12.1 Å². The van der Waals surface area contributed by atoms with Gasteiger partial charge in [-0.1, -0.05) is 36.9 Å². The summed E-state index contributed by atoms with van der Waals surface area (Å²) in [5.41, 5.74) is 6.82. The molecule has 0 saturated heterocycles. The monoisotopic (exact) mass is 266 g/mol. The lowest BCUT2D eigenvalue weighted by Gasteiger charge is -2.20. The standard InChI is InChI=1S/C14H19ClN2O/c15-10-5-4-6-11(9-10)17-14(18)12-7-2-1-3-8-13(12)16/h4-6,9,12-13H,1-3,7-8,16H2,(H,17,18). The summed E-state index contributed by atoms with van der Waals surface area (Å²) >= 11 is 5.89. The van der Waals surface area contributed by atoms with E-state index in [2.05, 4.69) is 5.32 Å². The molecule has 2 unspecified atom stereocenters. The molecule has 1 aliphatic carbocycles. The molecular formula is C14H19ClN2O. The highest BCUT2D eigenvalue weighted by atomic mass is 35.5. The van der Waals surface area contributed by atoms with Gasteiger partial charge >= 0.3 is 0 Å². The normalized spacial score (nSPS) is 24.3. The van der Waals surface area contributed by atoms with Crippen molar-refractivity contribution < 1.29 is 4.79 Å². The summed E-state index contributed by atoms with van der Waals surface area (Å²) in [6.07, 6.45) is 5.21. The van der Waals surface area contributed by atoms with Gasteiger partial charge in [-0.05, 0) is 31.0 Å². The van der Waals surface area contributed by atoms with Gasteiger partial charge in [-0.25, -0.2) is 0 Å². The van der Waals surface area contributed by atoms with Crippen molar-refractivity contribution in [3.8, 4) is 0 Å². The zero-order valence-electron chi connectivity index (χ0n) is 10.4. The average Bonchev–Trinajstić information content (AvgIpc) is 2.54. The molecule has 1 saturated carbocycles. The summed E-state index contributed by atoms with van der Waals surface area (Å²) in [5.74, 6) is -0.0573. The molecule has 0 aliphatic heterocycles. The molecule has 18 heavy (non-hydrogen) atoms. The minimum absolute atomic E-state index is 0.0201. The predicted octanol–water partition coefficient (Wildman–Crippen LogP) is 3.19. The van der Waals surface area contributed by atoms with Crippen molar-refractivity contribution in [2.24, 2.45) is 11.7 Å². The van der Waals surface area contributed by atoms with Crippen LogP contribution in [-0.4, -0.2) is 11.9 Å². The number of hydrogen-bond acceptors (Lipinski definition) is 2. The van der Waals surface area contributed by atoms with E-state index in [-0.39, 0.29) is 17.9 Å². The molecule has 1 aromatic carbocycles. The van der Waals surface area contributed by atoms with Crippen LogP contribution in [0, 0.1) is 5.92 Å². The van der Waals surface area contributed by atoms with E-state index in [9.17, 15) is 4.79 Å². The van der Waals surface area contributed by atoms with E-state index < -0.39 is 0 Å². The highest BCUT2D eigenvalue weighted by Gasteiger charge is 2.26. The fraction of sp³-hybridized carbons (Fsp3) is 0.500. The first-order valence-corrected chi connectivity index (χ1v) is 6.86. The second-order valence-corrected chi connectivity index (χ2v) is 5.34. The molecule has 0 heterocycles. The third-order valence-corrected chi connectivity index (χ3v) is 3.73. The third-order valence-electron chi connectivity index (χ3n) is 3.50. The van der Waals surface area contributed by atoms with Crippen molar-refractivity contribution in [3.05, 3.63) is 29.3 Å². The van der Waals surface area contributed by atoms with Gasteiger partial charge in [-0.2, -0.15) is 0 Å². The minimum atomic E-state index is -0.0773. The average molecular weight is 267 g/mol. The van der Waals surface area contributed by atoms with Gasteiger partial charge < -0.3 is 11.1 Å². The van der Waals surface area contributed by atoms with Gasteiger partial charge in [-0.3, -0.25) is 4.79 Å². The smallest absolute Gasteiger partial charge is 0.229 e. The molecule has 0 radical (unpaired) electrons. The largest absolute Gasteiger partial charge is 0.327 e. The van der Waals surface area contributed by atoms with Crippen molar-refractivity contribution in [2.45, 2.75) is 38.1 Å². The lowest BCUT2D eigenvalue weighted by molar-refractivity contribution is -0.120. The maximum Gasteiger partial charge on any atom is 0.229 e. The van der Waals surface area contributed by atoms with Gasteiger partial charge in [0.1, 0.15) is 0 Å². The van der Waals surface area contributed by atoms with Crippen LogP contribution in [0.15, 0.2) is 24.3 Å². The molecule has 98 valence electrons. The van der Waals surface area contributed by atoms with Crippen LogP contribution in [0.3, 0.4) is 0 Å². The van der Waals surface area contributed by atoms with Crippen LogP contribution < -0.4 is 11.1 Å². The number of nitrogens with one attached hydrogen (secondary N) is 1. The number of rotatable bonds is 2. The summed E-state index contributed by atoms with van der Waals surface area (Å²) < 4.78 is 0. The summed E-state index contributed by atoms with van der Waals surface area (Å²) in [4.78, 5) is 12.2. The first-order valence-electron chi connectivity index (χ1n) is 6.49. The molecule has 0 spiro atoms. The highest BCUT2D eigenvalue weighted by Crippen LogP contribution is 2.24. The van der Waals surface area contributed by atoms with E-state index in [0.717, 1.165) is 31.4 Å². The SMILES string of the molecule is NC1CCCCCC1C(=O)Nc1cccc(Cl)c1. The maximum absolute atomic E-state index is 12.2. The lowest BCUT2D eigenvalue weighted by Crippen LogP contribution is -2.37. The molecule has 0 bridgehead atoms. The van der Waals surface area contributed by atoms with E-state index in [0.29, 0.717) is 5.02 Å². The molecule has 2 rings (SSSR count). The Morgan fingerprint density at radius 2 is 2.06 bits per heavy atom.